The quantitative estimate of drug-likeness (QED) is 0.131. The van der Waals surface area contributed by atoms with E-state index in [0.717, 1.165) is 0 Å². The zero-order valence-electron chi connectivity index (χ0n) is 28.2. The minimum Gasteiger partial charge on any atom is -0.465 e. The number of para-hydroxylation sites is 1. The number of nitrogen functional groups attached to an aromatic ring is 1. The molecule has 1 saturated heterocycles. The van der Waals surface area contributed by atoms with Gasteiger partial charge in [-0.2, -0.15) is 10.2 Å². The van der Waals surface area contributed by atoms with E-state index in [-0.39, 0.29) is 24.8 Å². The minimum absolute atomic E-state index is 0.166. The summed E-state index contributed by atoms with van der Waals surface area (Å²) < 4.78 is 51.4. The van der Waals surface area contributed by atoms with Crippen molar-refractivity contribution in [2.75, 3.05) is 25.6 Å². The first-order chi connectivity index (χ1) is 22.6. The van der Waals surface area contributed by atoms with Gasteiger partial charge in [0, 0.05) is 0 Å². The molecule has 0 radical (unpaired) electrons. The second-order valence-electron chi connectivity index (χ2n) is 12.4. The largest absolute Gasteiger partial charge is 0.465 e. The lowest BCUT2D eigenvalue weighted by atomic mass is 9.85. The van der Waals surface area contributed by atoms with Crippen LogP contribution in [-0.2, 0) is 48.0 Å². The maximum absolute atomic E-state index is 14.3. The molecule has 15 nitrogen and oxygen atoms in total. The van der Waals surface area contributed by atoms with Gasteiger partial charge in [-0.1, -0.05) is 52.8 Å². The zero-order chi connectivity index (χ0) is 35.3. The van der Waals surface area contributed by atoms with Gasteiger partial charge in [0.15, 0.2) is 11.9 Å². The predicted molar refractivity (Wildman–Crippen MR) is 174 cm³/mol. The highest BCUT2D eigenvalue weighted by atomic mass is 31.2. The topological polar surface area (TPSA) is 192 Å². The maximum Gasteiger partial charge on any atom is 0.459 e. The lowest BCUT2D eigenvalue weighted by Crippen LogP contribution is -2.55. The molecule has 3 N–H and O–H groups in total. The van der Waals surface area contributed by atoms with Crippen LogP contribution < -0.4 is 15.3 Å². The number of rotatable bonds is 15. The number of hydrogen-bond acceptors (Lipinski definition) is 13. The van der Waals surface area contributed by atoms with Gasteiger partial charge >= 0.3 is 25.7 Å². The Morgan fingerprint density at radius 1 is 1.06 bits per heavy atom. The van der Waals surface area contributed by atoms with Crippen LogP contribution in [0.5, 0.6) is 5.75 Å². The smallest absolute Gasteiger partial charge is 0.459 e. The van der Waals surface area contributed by atoms with Gasteiger partial charge in [-0.05, 0) is 44.5 Å². The molecule has 1 aromatic carbocycles. The first-order valence-corrected chi connectivity index (χ1v) is 17.3. The molecule has 0 unspecified atom stereocenters. The van der Waals surface area contributed by atoms with Crippen LogP contribution in [0.1, 0.15) is 60.6 Å². The molecule has 16 heteroatoms. The van der Waals surface area contributed by atoms with Crippen molar-refractivity contribution in [3.63, 3.8) is 0 Å². The number of nitrogens with one attached hydrogen (secondary N) is 1. The predicted octanol–water partition coefficient (Wildman–Crippen LogP) is 4.20. The monoisotopic (exact) mass is 689 g/mol. The van der Waals surface area contributed by atoms with Gasteiger partial charge < -0.3 is 29.2 Å². The summed E-state index contributed by atoms with van der Waals surface area (Å²) in [5, 5.41) is 6.98. The Morgan fingerprint density at radius 3 is 2.40 bits per heavy atom. The average Bonchev–Trinajstić information content (AvgIpc) is 3.60. The Kier molecular flexibility index (Phi) is 11.5. The Morgan fingerprint density at radius 2 is 1.75 bits per heavy atom. The van der Waals surface area contributed by atoms with Gasteiger partial charge in [0.2, 0.25) is 5.60 Å². The highest BCUT2D eigenvalue weighted by molar-refractivity contribution is 7.52. The summed E-state index contributed by atoms with van der Waals surface area (Å²) in [4.78, 5) is 43.3. The maximum atomic E-state index is 14.3. The molecule has 4 rings (SSSR count). The molecule has 3 aromatic rings. The van der Waals surface area contributed by atoms with E-state index in [1.54, 1.807) is 77.1 Å². The first-order valence-electron chi connectivity index (χ1n) is 15.7. The Hall–Kier alpha value is -4.04. The summed E-state index contributed by atoms with van der Waals surface area (Å²) in [5.74, 6) is -2.68. The number of aromatic nitrogens is 3. The fourth-order valence-electron chi connectivity index (χ4n) is 4.96. The standard InChI is InChI=1S/C32H44N5O10P/c1-8-16-42-29(40)22(6)36-48(41,47-23-12-10-9-11-13-23)44-17-31(7)30(45-27(38)20(2)3)32(18-43-31,46-28(39)21(4)5)25-15-14-24-26(33)34-19-35-37(24)25/h9-15,19-22,30H,8,16-18H2,1-7H3,(H,36,41)(H2,33,34,35)/t22-,30+,31+,32+,48-/m0/s1. The summed E-state index contributed by atoms with van der Waals surface area (Å²) in [5.41, 5.74) is 3.45. The van der Waals surface area contributed by atoms with Crippen LogP contribution >= 0.6 is 7.75 Å². The van der Waals surface area contributed by atoms with Crippen molar-refractivity contribution in [2.24, 2.45) is 11.8 Å². The summed E-state index contributed by atoms with van der Waals surface area (Å²) in [6.45, 7) is 10.9. The highest BCUT2D eigenvalue weighted by Gasteiger charge is 2.64. The number of hydrogen-bond donors (Lipinski definition) is 2. The molecule has 262 valence electrons. The van der Waals surface area contributed by atoms with Crippen molar-refractivity contribution in [3.05, 3.63) is 54.5 Å². The van der Waals surface area contributed by atoms with Gasteiger partial charge in [-0.3, -0.25) is 18.9 Å². The van der Waals surface area contributed by atoms with E-state index in [1.165, 1.54) is 17.8 Å². The van der Waals surface area contributed by atoms with Crippen molar-refractivity contribution in [1.82, 2.24) is 19.7 Å². The van der Waals surface area contributed by atoms with E-state index in [9.17, 15) is 18.9 Å². The van der Waals surface area contributed by atoms with E-state index in [2.05, 4.69) is 15.2 Å². The SMILES string of the molecule is CCCOC(=O)[C@H](C)N[P@](=O)(OC[C@@]1(C)OC[C@@](OC(=O)C(C)C)(c2ccc3c(N)ncnn23)[C@@H]1OC(=O)C(C)C)Oc1ccccc1. The van der Waals surface area contributed by atoms with Crippen LogP contribution in [0.25, 0.3) is 5.52 Å². The molecular weight excluding hydrogens is 645 g/mol. The molecule has 2 aromatic heterocycles. The zero-order valence-corrected chi connectivity index (χ0v) is 29.1. The molecule has 0 saturated carbocycles. The summed E-state index contributed by atoms with van der Waals surface area (Å²) in [6.07, 6.45) is 0.471. The Balaban J connectivity index is 1.78. The fourth-order valence-corrected chi connectivity index (χ4v) is 6.55. The fraction of sp³-hybridized carbons (Fsp3) is 0.531. The molecule has 5 atom stereocenters. The molecule has 1 fully saturated rings. The van der Waals surface area contributed by atoms with Gasteiger partial charge in [0.25, 0.3) is 0 Å². The molecule has 1 aliphatic rings. The van der Waals surface area contributed by atoms with Crippen molar-refractivity contribution in [3.8, 4) is 5.75 Å². The third-order valence-electron chi connectivity index (χ3n) is 7.61. The van der Waals surface area contributed by atoms with E-state index >= 15 is 0 Å². The number of ether oxygens (including phenoxy) is 4. The van der Waals surface area contributed by atoms with Crippen molar-refractivity contribution < 1.29 is 46.9 Å². The number of carbonyl (C=O) groups is 3. The molecule has 48 heavy (non-hydrogen) atoms. The average molecular weight is 690 g/mol. The highest BCUT2D eigenvalue weighted by Crippen LogP contribution is 2.51. The normalized spacial score (nSPS) is 22.7. The molecule has 1 aliphatic heterocycles. The van der Waals surface area contributed by atoms with Crippen LogP contribution in [0.2, 0.25) is 0 Å². The lowest BCUT2D eigenvalue weighted by molar-refractivity contribution is -0.193. The van der Waals surface area contributed by atoms with E-state index in [1.807, 2.05) is 6.92 Å². The molecule has 0 amide bonds. The van der Waals surface area contributed by atoms with Crippen LogP contribution in [0, 0.1) is 11.8 Å². The van der Waals surface area contributed by atoms with Crippen molar-refractivity contribution in [2.45, 2.75) is 78.2 Å². The summed E-state index contributed by atoms with van der Waals surface area (Å²) in [7, 11) is -4.37. The van der Waals surface area contributed by atoms with Gasteiger partial charge in [0.05, 0.1) is 37.4 Å². The lowest BCUT2D eigenvalue weighted by Gasteiger charge is -2.38. The molecular formula is C32H44N5O10P. The van der Waals surface area contributed by atoms with Crippen molar-refractivity contribution >= 4 is 37.0 Å². The van der Waals surface area contributed by atoms with Gasteiger partial charge in [-0.25, -0.2) is 14.1 Å². The van der Waals surface area contributed by atoms with Crippen LogP contribution in [0.15, 0.2) is 48.8 Å². The van der Waals surface area contributed by atoms with Crippen LogP contribution in [0.3, 0.4) is 0 Å². The van der Waals surface area contributed by atoms with Gasteiger partial charge in [-0.15, -0.1) is 0 Å². The Bertz CT molecular complexity index is 1650. The van der Waals surface area contributed by atoms with E-state index in [0.29, 0.717) is 17.6 Å². The van der Waals surface area contributed by atoms with E-state index in [4.69, 9.17) is 33.7 Å². The minimum atomic E-state index is -4.37. The number of nitrogens with zero attached hydrogens (tertiary/aromatic N) is 3. The second-order valence-corrected chi connectivity index (χ2v) is 14.1. The van der Waals surface area contributed by atoms with E-state index < -0.39 is 67.4 Å². The second kappa shape index (κ2) is 15.0. The van der Waals surface area contributed by atoms with Gasteiger partial charge in [0.1, 0.15) is 29.2 Å². The van der Waals surface area contributed by atoms with Crippen LogP contribution in [-0.4, -0.2) is 70.1 Å². The van der Waals surface area contributed by atoms with Crippen molar-refractivity contribution in [1.29, 1.82) is 0 Å². The number of nitrogens with two attached hydrogens (primary N) is 1. The summed E-state index contributed by atoms with van der Waals surface area (Å²) >= 11 is 0. The summed E-state index contributed by atoms with van der Waals surface area (Å²) in [6, 6.07) is 10.4. The number of anilines is 1. The van der Waals surface area contributed by atoms with Crippen LogP contribution in [0.4, 0.5) is 5.82 Å². The third kappa shape index (κ3) is 7.97. The molecule has 0 aliphatic carbocycles. The molecule has 3 heterocycles. The Labute approximate surface area is 279 Å². The molecule has 0 bridgehead atoms. The number of fused-ring (bicyclic) bond motifs is 1. The number of carbonyl (C=O) groups excluding carboxylic acids is 3. The number of benzene rings is 1. The first kappa shape index (κ1) is 36.8. The number of esters is 3. The third-order valence-corrected chi connectivity index (χ3v) is 9.24. The molecule has 0 spiro atoms.